The molecule has 0 fully saturated rings. The van der Waals surface area contributed by atoms with Gasteiger partial charge in [-0.2, -0.15) is 4.76 Å². The molecule has 2 heterocycles. The number of aliphatic hydroxyl groups is 1. The van der Waals surface area contributed by atoms with Crippen LogP contribution in [0, 0.1) is 10.1 Å². The number of nitrogens with zero attached hydrogens (tertiary/aromatic N) is 3. The number of hydrogen-bond donors (Lipinski definition) is 1. The van der Waals surface area contributed by atoms with Gasteiger partial charge in [0.15, 0.2) is 0 Å². The molecule has 1 aromatic rings. The summed E-state index contributed by atoms with van der Waals surface area (Å²) >= 11 is 0. The van der Waals surface area contributed by atoms with Crippen LogP contribution in [0.25, 0.3) is 0 Å². The largest absolute Gasteiger partial charge is 0.454 e. The van der Waals surface area contributed by atoms with Crippen molar-refractivity contribution in [2.75, 3.05) is 20.8 Å². The lowest BCUT2D eigenvalue weighted by Crippen LogP contribution is -2.41. The van der Waals surface area contributed by atoms with Gasteiger partial charge in [0, 0.05) is 27.2 Å². The van der Waals surface area contributed by atoms with Gasteiger partial charge in [-0.1, -0.05) is 17.7 Å². The summed E-state index contributed by atoms with van der Waals surface area (Å²) in [5, 5.41) is 20.0. The van der Waals surface area contributed by atoms with Crippen molar-refractivity contribution in [2.24, 2.45) is 4.76 Å². The Hall–Kier alpha value is -2.26. The van der Waals surface area contributed by atoms with Crippen LogP contribution >= 0.6 is 7.75 Å². The van der Waals surface area contributed by atoms with Crippen LogP contribution in [-0.2, 0) is 20.2 Å². The van der Waals surface area contributed by atoms with E-state index < -0.39 is 12.7 Å². The van der Waals surface area contributed by atoms with Crippen molar-refractivity contribution in [1.82, 2.24) is 4.90 Å². The topological polar surface area (TPSA) is 128 Å². The minimum absolute atomic E-state index is 0.0526. The molecule has 0 saturated carbocycles. The van der Waals surface area contributed by atoms with Crippen molar-refractivity contribution in [3.05, 3.63) is 52.3 Å². The minimum atomic E-state index is -3.70. The van der Waals surface area contributed by atoms with Crippen LogP contribution < -0.4 is 0 Å². The third-order valence-corrected chi connectivity index (χ3v) is 5.63. The maximum atomic E-state index is 12.6. The molecule has 1 aromatic heterocycles. The minimum Gasteiger partial charge on any atom is -0.404 e. The molecule has 0 bridgehead atoms. The lowest BCUT2D eigenvalue weighted by atomic mass is 9.97. The Bertz CT molecular complexity index is 809. The molecule has 1 unspecified atom stereocenters. The fourth-order valence-electron chi connectivity index (χ4n) is 2.84. The highest BCUT2D eigenvalue weighted by molar-refractivity contribution is 7.52. The summed E-state index contributed by atoms with van der Waals surface area (Å²) in [6.45, 7) is 4.04. The average Bonchev–Trinajstić information content (AvgIpc) is 3.16. The molecule has 154 valence electrons. The predicted molar refractivity (Wildman–Crippen MR) is 103 cm³/mol. The zero-order chi connectivity index (χ0) is 20.7. The molecule has 0 aromatic carbocycles. The summed E-state index contributed by atoms with van der Waals surface area (Å²) in [4.78, 5) is 12.0. The van der Waals surface area contributed by atoms with Gasteiger partial charge >= 0.3 is 13.6 Å². The third-order valence-electron chi connectivity index (χ3n) is 4.23. The fourth-order valence-corrected chi connectivity index (χ4v) is 3.63. The predicted octanol–water partition coefficient (Wildman–Crippen LogP) is 3.45. The van der Waals surface area contributed by atoms with Crippen LogP contribution in [0.1, 0.15) is 25.0 Å². The SMILES string of the molecule is C=CC1C=C(CCCO)C/C(=N/P(=O)(OC)OC)N1Cc1ccc([N+](=O)[O-])o1. The molecule has 0 spiro atoms. The number of amidine groups is 1. The van der Waals surface area contributed by atoms with E-state index in [9.17, 15) is 14.7 Å². The molecule has 0 aliphatic carbocycles. The summed E-state index contributed by atoms with van der Waals surface area (Å²) in [7, 11) is -1.21. The van der Waals surface area contributed by atoms with Gasteiger partial charge in [0.05, 0.1) is 18.7 Å². The molecule has 11 heteroatoms. The number of nitro groups is 1. The van der Waals surface area contributed by atoms with E-state index in [1.807, 2.05) is 6.08 Å². The molecule has 1 atom stereocenters. The molecule has 10 nitrogen and oxygen atoms in total. The smallest absolute Gasteiger partial charge is 0.404 e. The van der Waals surface area contributed by atoms with Gasteiger partial charge in [-0.15, -0.1) is 6.58 Å². The number of aliphatic hydroxyl groups excluding tert-OH is 1. The van der Waals surface area contributed by atoms with Crippen LogP contribution in [-0.4, -0.2) is 47.6 Å². The second-order valence-electron chi connectivity index (χ2n) is 6.03. The van der Waals surface area contributed by atoms with E-state index in [2.05, 4.69) is 11.3 Å². The third kappa shape index (κ3) is 5.39. The fraction of sp³-hybridized carbons (Fsp3) is 0.471. The zero-order valence-electron chi connectivity index (χ0n) is 15.8. The average molecular weight is 413 g/mol. The highest BCUT2D eigenvalue weighted by Gasteiger charge is 2.30. The van der Waals surface area contributed by atoms with Crippen molar-refractivity contribution in [2.45, 2.75) is 31.8 Å². The lowest BCUT2D eigenvalue weighted by molar-refractivity contribution is -0.402. The van der Waals surface area contributed by atoms with Gasteiger partial charge in [-0.25, -0.2) is 4.57 Å². The van der Waals surface area contributed by atoms with Gasteiger partial charge in [0.1, 0.15) is 16.5 Å². The maximum absolute atomic E-state index is 12.6. The van der Waals surface area contributed by atoms with E-state index >= 15 is 0 Å². The van der Waals surface area contributed by atoms with Crippen molar-refractivity contribution in [3.8, 4) is 0 Å². The maximum Gasteiger partial charge on any atom is 0.454 e. The summed E-state index contributed by atoms with van der Waals surface area (Å²) < 4.78 is 31.9. The van der Waals surface area contributed by atoms with Crippen LogP contribution in [0.2, 0.25) is 0 Å². The van der Waals surface area contributed by atoms with Crippen molar-refractivity contribution >= 4 is 19.5 Å². The molecule has 1 aliphatic heterocycles. The second-order valence-corrected chi connectivity index (χ2v) is 7.90. The quantitative estimate of drug-likeness (QED) is 0.267. The van der Waals surface area contributed by atoms with Crippen molar-refractivity contribution in [1.29, 1.82) is 0 Å². The van der Waals surface area contributed by atoms with E-state index in [0.717, 1.165) is 5.57 Å². The van der Waals surface area contributed by atoms with Gasteiger partial charge in [0.25, 0.3) is 0 Å². The molecule has 0 radical (unpaired) electrons. The van der Waals surface area contributed by atoms with E-state index in [-0.39, 0.29) is 25.1 Å². The van der Waals surface area contributed by atoms with E-state index in [4.69, 9.17) is 18.6 Å². The van der Waals surface area contributed by atoms with Gasteiger partial charge in [0.2, 0.25) is 0 Å². The Morgan fingerprint density at radius 2 is 2.21 bits per heavy atom. The zero-order valence-corrected chi connectivity index (χ0v) is 16.7. The van der Waals surface area contributed by atoms with Crippen LogP contribution in [0.3, 0.4) is 0 Å². The molecular formula is C17H24N3O7P. The molecule has 1 aliphatic rings. The first kappa shape index (κ1) is 22.0. The van der Waals surface area contributed by atoms with Crippen molar-refractivity contribution < 1.29 is 28.1 Å². The summed E-state index contributed by atoms with van der Waals surface area (Å²) in [6.07, 6.45) is 5.24. The Morgan fingerprint density at radius 3 is 2.75 bits per heavy atom. The lowest BCUT2D eigenvalue weighted by Gasteiger charge is -2.35. The van der Waals surface area contributed by atoms with E-state index in [1.54, 1.807) is 11.0 Å². The highest BCUT2D eigenvalue weighted by Crippen LogP contribution is 2.49. The molecule has 2 rings (SSSR count). The monoisotopic (exact) mass is 413 g/mol. The Kier molecular flexibility index (Phi) is 7.70. The van der Waals surface area contributed by atoms with Gasteiger partial charge in [-0.05, 0) is 18.9 Å². The first-order chi connectivity index (χ1) is 13.4. The second kappa shape index (κ2) is 9.79. The van der Waals surface area contributed by atoms with E-state index in [1.165, 1.54) is 26.4 Å². The van der Waals surface area contributed by atoms with Gasteiger partial charge < -0.3 is 14.4 Å². The Balaban J connectivity index is 2.41. The first-order valence-corrected chi connectivity index (χ1v) is 10.1. The van der Waals surface area contributed by atoms with Crippen LogP contribution in [0.15, 0.2) is 45.6 Å². The standard InChI is InChI=1S/C17H24N3O7P/c1-4-14-10-13(6-5-9-21)11-16(18-28(24,25-2)26-3)19(14)12-15-7-8-17(27-15)20(22)23/h4,7-8,10,14,21H,1,5-6,9,11-12H2,2-3H3/b18-16-. The summed E-state index contributed by atoms with van der Waals surface area (Å²) in [5.41, 5.74) is 0.998. The van der Waals surface area contributed by atoms with Crippen LogP contribution in [0.4, 0.5) is 5.88 Å². The summed E-state index contributed by atoms with van der Waals surface area (Å²) in [5.74, 6) is 0.411. The summed E-state index contributed by atoms with van der Waals surface area (Å²) in [6, 6.07) is 2.47. The number of hydrogen-bond acceptors (Lipinski definition) is 7. The van der Waals surface area contributed by atoms with Crippen molar-refractivity contribution in [3.63, 3.8) is 0 Å². The molecule has 0 amide bonds. The van der Waals surface area contributed by atoms with Gasteiger partial charge in [-0.3, -0.25) is 19.2 Å². The molecular weight excluding hydrogens is 389 g/mol. The normalized spacial score (nSPS) is 19.0. The highest BCUT2D eigenvalue weighted by atomic mass is 31.2. The Morgan fingerprint density at radius 1 is 1.50 bits per heavy atom. The molecule has 1 N–H and O–H groups in total. The number of furan rings is 1. The Labute approximate surface area is 162 Å². The molecule has 0 saturated heterocycles. The number of rotatable bonds is 10. The van der Waals surface area contributed by atoms with E-state index in [0.29, 0.717) is 30.9 Å². The first-order valence-electron chi connectivity index (χ1n) is 8.59. The molecule has 28 heavy (non-hydrogen) atoms. The van der Waals surface area contributed by atoms with Crippen LogP contribution in [0.5, 0.6) is 0 Å².